The molecule has 3 atom stereocenters. The lowest BCUT2D eigenvalue weighted by Crippen LogP contribution is -2.59. The third-order valence-corrected chi connectivity index (χ3v) is 3.88. The number of carbonyl (C=O) groups excluding carboxylic acids is 2. The summed E-state index contributed by atoms with van der Waals surface area (Å²) in [4.78, 5) is 24.1. The molecule has 0 spiro atoms. The van der Waals surface area contributed by atoms with Crippen molar-refractivity contribution >= 4 is 11.8 Å². The number of carbonyl (C=O) groups is 2. The lowest BCUT2D eigenvalue weighted by atomic mass is 9.88. The minimum atomic E-state index is -0.552. The summed E-state index contributed by atoms with van der Waals surface area (Å²) in [5.41, 5.74) is -0.552. The SMILES string of the molecule is CCO[C@H](C)C(=O)NC[C@](C)(NC(=O)[C@@H](C)OCC)C(C)C. The zero-order valence-electron chi connectivity index (χ0n) is 15.0. The van der Waals surface area contributed by atoms with Gasteiger partial charge in [0.2, 0.25) is 11.8 Å². The zero-order chi connectivity index (χ0) is 17.3. The van der Waals surface area contributed by atoms with E-state index in [1.807, 2.05) is 34.6 Å². The van der Waals surface area contributed by atoms with Crippen LogP contribution in [0.1, 0.15) is 48.5 Å². The first-order valence-electron chi connectivity index (χ1n) is 8.00. The average molecular weight is 316 g/mol. The molecule has 0 rings (SSSR count). The van der Waals surface area contributed by atoms with Crippen LogP contribution in [0.4, 0.5) is 0 Å². The summed E-state index contributed by atoms with van der Waals surface area (Å²) in [6.07, 6.45) is -1.01. The molecule has 2 N–H and O–H groups in total. The van der Waals surface area contributed by atoms with E-state index in [9.17, 15) is 9.59 Å². The van der Waals surface area contributed by atoms with Gasteiger partial charge in [-0.2, -0.15) is 0 Å². The van der Waals surface area contributed by atoms with Gasteiger partial charge in [0.05, 0.1) is 5.54 Å². The van der Waals surface area contributed by atoms with Crippen molar-refractivity contribution in [1.29, 1.82) is 0 Å². The van der Waals surface area contributed by atoms with Crippen LogP contribution in [0.25, 0.3) is 0 Å². The molecule has 0 radical (unpaired) electrons. The van der Waals surface area contributed by atoms with E-state index in [1.54, 1.807) is 13.8 Å². The largest absolute Gasteiger partial charge is 0.369 e. The summed E-state index contributed by atoms with van der Waals surface area (Å²) in [6, 6.07) is 0. The van der Waals surface area contributed by atoms with Crippen molar-refractivity contribution in [1.82, 2.24) is 10.6 Å². The lowest BCUT2D eigenvalue weighted by molar-refractivity contribution is -0.135. The normalized spacial score (nSPS) is 16.7. The second-order valence-electron chi connectivity index (χ2n) is 5.97. The average Bonchev–Trinajstić information content (AvgIpc) is 2.44. The molecule has 2 amide bonds. The van der Waals surface area contributed by atoms with Crippen LogP contribution in [-0.4, -0.2) is 49.3 Å². The minimum absolute atomic E-state index is 0.146. The summed E-state index contributed by atoms with van der Waals surface area (Å²) in [6.45, 7) is 14.3. The van der Waals surface area contributed by atoms with Crippen molar-refractivity contribution < 1.29 is 19.1 Å². The van der Waals surface area contributed by atoms with Gasteiger partial charge in [-0.1, -0.05) is 13.8 Å². The molecule has 0 bridgehead atoms. The molecule has 130 valence electrons. The third kappa shape index (κ3) is 6.75. The van der Waals surface area contributed by atoms with Crippen molar-refractivity contribution in [3.63, 3.8) is 0 Å². The van der Waals surface area contributed by atoms with Crippen LogP contribution < -0.4 is 10.6 Å². The Labute approximate surface area is 134 Å². The standard InChI is InChI=1S/C16H32N2O4/c1-8-21-12(5)14(19)17-10-16(7,11(3)4)18-15(20)13(6)22-9-2/h11-13H,8-10H2,1-7H3,(H,17,19)(H,18,20)/t12-,13-,16+/m1/s1. The van der Waals surface area contributed by atoms with Crippen LogP contribution in [0, 0.1) is 5.92 Å². The Bertz CT molecular complexity index is 360. The Morgan fingerprint density at radius 3 is 1.82 bits per heavy atom. The monoisotopic (exact) mass is 316 g/mol. The summed E-state index contributed by atoms with van der Waals surface area (Å²) in [5.74, 6) is -0.209. The van der Waals surface area contributed by atoms with Crippen molar-refractivity contribution in [2.45, 2.75) is 66.2 Å². The number of nitrogens with one attached hydrogen (secondary N) is 2. The molecular formula is C16H32N2O4. The minimum Gasteiger partial charge on any atom is -0.369 e. The topological polar surface area (TPSA) is 76.7 Å². The fourth-order valence-electron chi connectivity index (χ4n) is 1.84. The molecule has 0 aromatic heterocycles. The predicted octanol–water partition coefficient (Wildman–Crippen LogP) is 1.48. The molecule has 0 saturated carbocycles. The van der Waals surface area contributed by atoms with Crippen LogP contribution in [-0.2, 0) is 19.1 Å². The molecule has 22 heavy (non-hydrogen) atoms. The highest BCUT2D eigenvalue weighted by Gasteiger charge is 2.32. The van der Waals surface area contributed by atoms with Crippen molar-refractivity contribution in [3.8, 4) is 0 Å². The van der Waals surface area contributed by atoms with Gasteiger partial charge in [0.15, 0.2) is 0 Å². The summed E-state index contributed by atoms with van der Waals surface area (Å²) in [5, 5.41) is 5.83. The van der Waals surface area contributed by atoms with Gasteiger partial charge in [-0.05, 0) is 40.5 Å². The van der Waals surface area contributed by atoms with Crippen LogP contribution in [0.2, 0.25) is 0 Å². The van der Waals surface area contributed by atoms with Gasteiger partial charge < -0.3 is 20.1 Å². The fraction of sp³-hybridized carbons (Fsp3) is 0.875. The lowest BCUT2D eigenvalue weighted by Gasteiger charge is -2.36. The van der Waals surface area contributed by atoms with Gasteiger partial charge in [0.25, 0.3) is 0 Å². The molecule has 6 nitrogen and oxygen atoms in total. The Kier molecular flexibility index (Phi) is 9.28. The first-order chi connectivity index (χ1) is 10.2. The third-order valence-electron chi connectivity index (χ3n) is 3.88. The van der Waals surface area contributed by atoms with E-state index in [1.165, 1.54) is 0 Å². The van der Waals surface area contributed by atoms with E-state index >= 15 is 0 Å². The van der Waals surface area contributed by atoms with Crippen molar-refractivity contribution in [2.24, 2.45) is 5.92 Å². The van der Waals surface area contributed by atoms with Gasteiger partial charge in [-0.15, -0.1) is 0 Å². The first-order valence-corrected chi connectivity index (χ1v) is 8.00. The second kappa shape index (κ2) is 9.79. The van der Waals surface area contributed by atoms with E-state index in [0.29, 0.717) is 19.8 Å². The quantitative estimate of drug-likeness (QED) is 0.640. The maximum absolute atomic E-state index is 12.2. The van der Waals surface area contributed by atoms with E-state index in [4.69, 9.17) is 9.47 Å². The molecule has 0 aromatic carbocycles. The number of ether oxygens (including phenoxy) is 2. The Hall–Kier alpha value is -1.14. The number of hydrogen-bond acceptors (Lipinski definition) is 4. The smallest absolute Gasteiger partial charge is 0.249 e. The maximum Gasteiger partial charge on any atom is 0.249 e. The Morgan fingerprint density at radius 1 is 0.955 bits per heavy atom. The van der Waals surface area contributed by atoms with E-state index < -0.39 is 17.7 Å². The number of rotatable bonds is 10. The van der Waals surface area contributed by atoms with Gasteiger partial charge >= 0.3 is 0 Å². The van der Waals surface area contributed by atoms with Gasteiger partial charge in [0.1, 0.15) is 12.2 Å². The van der Waals surface area contributed by atoms with Crippen LogP contribution in [0.5, 0.6) is 0 Å². The highest BCUT2D eigenvalue weighted by molar-refractivity contribution is 5.82. The maximum atomic E-state index is 12.2. The molecular weight excluding hydrogens is 284 g/mol. The second-order valence-corrected chi connectivity index (χ2v) is 5.97. The molecule has 0 unspecified atom stereocenters. The number of amides is 2. The van der Waals surface area contributed by atoms with E-state index in [-0.39, 0.29) is 17.7 Å². The van der Waals surface area contributed by atoms with Gasteiger partial charge in [-0.3, -0.25) is 9.59 Å². The van der Waals surface area contributed by atoms with Crippen molar-refractivity contribution in [3.05, 3.63) is 0 Å². The summed E-state index contributed by atoms with van der Waals surface area (Å²) < 4.78 is 10.6. The molecule has 0 aliphatic heterocycles. The number of hydrogen-bond donors (Lipinski definition) is 2. The molecule has 0 heterocycles. The Morgan fingerprint density at radius 2 is 1.41 bits per heavy atom. The summed E-state index contributed by atoms with van der Waals surface area (Å²) >= 11 is 0. The van der Waals surface area contributed by atoms with Crippen LogP contribution in [0.3, 0.4) is 0 Å². The van der Waals surface area contributed by atoms with Gasteiger partial charge in [0, 0.05) is 19.8 Å². The van der Waals surface area contributed by atoms with E-state index in [0.717, 1.165) is 0 Å². The predicted molar refractivity (Wildman–Crippen MR) is 86.6 cm³/mol. The van der Waals surface area contributed by atoms with Crippen molar-refractivity contribution in [2.75, 3.05) is 19.8 Å². The molecule has 6 heteroatoms. The molecule has 0 saturated heterocycles. The first kappa shape index (κ1) is 20.9. The fourth-order valence-corrected chi connectivity index (χ4v) is 1.84. The molecule has 0 fully saturated rings. The molecule has 0 aliphatic carbocycles. The zero-order valence-corrected chi connectivity index (χ0v) is 15.0. The highest BCUT2D eigenvalue weighted by atomic mass is 16.5. The Balaban J connectivity index is 4.69. The van der Waals surface area contributed by atoms with E-state index in [2.05, 4.69) is 10.6 Å². The molecule has 0 aliphatic rings. The summed E-state index contributed by atoms with van der Waals surface area (Å²) in [7, 11) is 0. The van der Waals surface area contributed by atoms with Crippen LogP contribution >= 0.6 is 0 Å². The van der Waals surface area contributed by atoms with Crippen LogP contribution in [0.15, 0.2) is 0 Å². The molecule has 0 aromatic rings. The van der Waals surface area contributed by atoms with Gasteiger partial charge in [-0.25, -0.2) is 0 Å². The highest BCUT2D eigenvalue weighted by Crippen LogP contribution is 2.16.